The smallest absolute Gasteiger partial charge is 0.288 e. The lowest BCUT2D eigenvalue weighted by Crippen LogP contribution is -1.98. The Morgan fingerprint density at radius 3 is 2.68 bits per heavy atom. The largest absolute Gasteiger partial charge is 0.339 e. The topological polar surface area (TPSA) is 37.8 Å². The average molecular weight is 302 g/mol. The van der Waals surface area contributed by atoms with E-state index in [1.807, 2.05) is 0 Å². The van der Waals surface area contributed by atoms with Crippen molar-refractivity contribution in [3.05, 3.63) is 41.3 Å². The highest BCUT2D eigenvalue weighted by Crippen LogP contribution is 2.33. The number of nitrogens with zero attached hydrogens (tertiary/aromatic N) is 2. The SMILES string of the molecule is Cc1nc(Cl)cc(Nc2ccccc2SC(F)F)n1. The standard InChI is InChI=1S/C12H10ClF2N3S/c1-7-16-10(13)6-11(17-7)18-8-4-2-3-5-9(8)19-12(14)15/h2-6,12H,1H3,(H,16,17,18). The normalized spacial score (nSPS) is 10.8. The van der Waals surface area contributed by atoms with E-state index in [1.54, 1.807) is 37.3 Å². The molecule has 2 rings (SSSR count). The summed E-state index contributed by atoms with van der Waals surface area (Å²) in [6.07, 6.45) is 0. The van der Waals surface area contributed by atoms with Gasteiger partial charge in [-0.1, -0.05) is 35.5 Å². The van der Waals surface area contributed by atoms with Gasteiger partial charge >= 0.3 is 0 Å². The number of nitrogens with one attached hydrogen (secondary N) is 1. The summed E-state index contributed by atoms with van der Waals surface area (Å²) in [5.41, 5.74) is 0.557. The molecule has 0 saturated carbocycles. The Morgan fingerprint density at radius 1 is 1.26 bits per heavy atom. The van der Waals surface area contributed by atoms with Crippen LogP contribution >= 0.6 is 23.4 Å². The predicted molar refractivity (Wildman–Crippen MR) is 73.4 cm³/mol. The minimum absolute atomic E-state index is 0.300. The molecule has 0 atom stereocenters. The average Bonchev–Trinajstić information content (AvgIpc) is 2.29. The number of hydrogen-bond acceptors (Lipinski definition) is 4. The number of aryl methyl sites for hydroxylation is 1. The van der Waals surface area contributed by atoms with Crippen molar-refractivity contribution in [1.82, 2.24) is 9.97 Å². The van der Waals surface area contributed by atoms with Gasteiger partial charge in [-0.25, -0.2) is 9.97 Å². The molecule has 0 spiro atoms. The first-order valence-corrected chi connectivity index (χ1v) is 6.62. The molecule has 0 aliphatic carbocycles. The number of thioether (sulfide) groups is 1. The van der Waals surface area contributed by atoms with E-state index in [2.05, 4.69) is 15.3 Å². The Balaban J connectivity index is 2.27. The highest BCUT2D eigenvalue weighted by atomic mass is 35.5. The second kappa shape index (κ2) is 6.16. The van der Waals surface area contributed by atoms with Gasteiger partial charge in [-0.3, -0.25) is 0 Å². The maximum absolute atomic E-state index is 12.5. The van der Waals surface area contributed by atoms with E-state index in [-0.39, 0.29) is 0 Å². The van der Waals surface area contributed by atoms with Crippen LogP contribution < -0.4 is 5.32 Å². The number of aromatic nitrogens is 2. The van der Waals surface area contributed by atoms with Crippen LogP contribution in [0.25, 0.3) is 0 Å². The summed E-state index contributed by atoms with van der Waals surface area (Å²) >= 11 is 6.30. The number of anilines is 2. The highest BCUT2D eigenvalue weighted by molar-refractivity contribution is 7.99. The first-order chi connectivity index (χ1) is 9.04. The molecule has 1 N–H and O–H groups in total. The molecule has 0 aliphatic heterocycles. The van der Waals surface area contributed by atoms with E-state index >= 15 is 0 Å². The van der Waals surface area contributed by atoms with Crippen LogP contribution in [-0.4, -0.2) is 15.7 Å². The maximum atomic E-state index is 12.5. The number of hydrogen-bond donors (Lipinski definition) is 1. The van der Waals surface area contributed by atoms with Gasteiger partial charge in [-0.15, -0.1) is 0 Å². The Labute approximate surface area is 118 Å². The molecule has 0 radical (unpaired) electrons. The molecular formula is C12H10ClF2N3S. The molecule has 100 valence electrons. The van der Waals surface area contributed by atoms with Crippen LogP contribution in [-0.2, 0) is 0 Å². The van der Waals surface area contributed by atoms with Gasteiger partial charge in [-0.05, 0) is 19.1 Å². The van der Waals surface area contributed by atoms with Crippen LogP contribution in [0.1, 0.15) is 5.82 Å². The zero-order valence-corrected chi connectivity index (χ0v) is 11.5. The number of rotatable bonds is 4. The summed E-state index contributed by atoms with van der Waals surface area (Å²) in [5, 5.41) is 3.27. The van der Waals surface area contributed by atoms with Gasteiger partial charge in [0.1, 0.15) is 16.8 Å². The van der Waals surface area contributed by atoms with Gasteiger partial charge in [0.25, 0.3) is 5.76 Å². The number of benzene rings is 1. The van der Waals surface area contributed by atoms with Crippen molar-refractivity contribution in [1.29, 1.82) is 0 Å². The van der Waals surface area contributed by atoms with Crippen molar-refractivity contribution in [2.24, 2.45) is 0 Å². The molecule has 1 aromatic carbocycles. The number of para-hydroxylation sites is 1. The fourth-order valence-electron chi connectivity index (χ4n) is 1.50. The predicted octanol–water partition coefficient (Wildman–Crippen LogP) is 4.50. The molecular weight excluding hydrogens is 292 g/mol. The zero-order valence-electron chi connectivity index (χ0n) is 9.90. The summed E-state index contributed by atoms with van der Waals surface area (Å²) in [5.74, 6) is -1.49. The second-order valence-electron chi connectivity index (χ2n) is 3.62. The first kappa shape index (κ1) is 14.0. The summed E-state index contributed by atoms with van der Waals surface area (Å²) in [7, 11) is 0. The molecule has 2 aromatic rings. The molecule has 0 bridgehead atoms. The summed E-state index contributed by atoms with van der Waals surface area (Å²) < 4.78 is 24.9. The van der Waals surface area contributed by atoms with Gasteiger partial charge in [0.05, 0.1) is 5.69 Å². The van der Waals surface area contributed by atoms with E-state index < -0.39 is 5.76 Å². The molecule has 0 amide bonds. The van der Waals surface area contributed by atoms with Crippen molar-refractivity contribution in [2.75, 3.05) is 5.32 Å². The van der Waals surface area contributed by atoms with Gasteiger partial charge < -0.3 is 5.32 Å². The third-order valence-electron chi connectivity index (χ3n) is 2.17. The fraction of sp³-hybridized carbons (Fsp3) is 0.167. The van der Waals surface area contributed by atoms with E-state index in [9.17, 15) is 8.78 Å². The molecule has 0 unspecified atom stereocenters. The molecule has 1 heterocycles. The Hall–Kier alpha value is -1.40. The zero-order chi connectivity index (χ0) is 13.8. The summed E-state index contributed by atoms with van der Waals surface area (Å²) in [4.78, 5) is 8.53. The van der Waals surface area contributed by atoms with Crippen molar-refractivity contribution < 1.29 is 8.78 Å². The lowest BCUT2D eigenvalue weighted by molar-refractivity contribution is 0.252. The van der Waals surface area contributed by atoms with Crippen LogP contribution in [0, 0.1) is 6.92 Å². The van der Waals surface area contributed by atoms with Crippen LogP contribution in [0.4, 0.5) is 20.3 Å². The summed E-state index contributed by atoms with van der Waals surface area (Å²) in [6, 6.07) is 8.32. The lowest BCUT2D eigenvalue weighted by atomic mass is 10.3. The molecule has 3 nitrogen and oxygen atoms in total. The molecule has 0 fully saturated rings. The lowest BCUT2D eigenvalue weighted by Gasteiger charge is -2.11. The van der Waals surface area contributed by atoms with Crippen molar-refractivity contribution >= 4 is 34.9 Å². The molecule has 7 heteroatoms. The third kappa shape index (κ3) is 4.04. The van der Waals surface area contributed by atoms with E-state index in [0.717, 1.165) is 0 Å². The van der Waals surface area contributed by atoms with Gasteiger partial charge in [0.15, 0.2) is 0 Å². The number of alkyl halides is 2. The minimum atomic E-state index is -2.47. The number of halogens is 3. The highest BCUT2D eigenvalue weighted by Gasteiger charge is 2.10. The van der Waals surface area contributed by atoms with E-state index in [1.165, 1.54) is 0 Å². The molecule has 19 heavy (non-hydrogen) atoms. The van der Waals surface area contributed by atoms with E-state index in [4.69, 9.17) is 11.6 Å². The van der Waals surface area contributed by atoms with Crippen molar-refractivity contribution in [3.63, 3.8) is 0 Å². The monoisotopic (exact) mass is 301 g/mol. The molecule has 0 aliphatic rings. The molecule has 0 saturated heterocycles. The summed E-state index contributed by atoms with van der Waals surface area (Å²) in [6.45, 7) is 1.71. The van der Waals surface area contributed by atoms with Crippen molar-refractivity contribution in [3.8, 4) is 0 Å². The Morgan fingerprint density at radius 2 is 2.00 bits per heavy atom. The minimum Gasteiger partial charge on any atom is -0.339 e. The third-order valence-corrected chi connectivity index (χ3v) is 3.15. The maximum Gasteiger partial charge on any atom is 0.288 e. The quantitative estimate of drug-likeness (QED) is 0.666. The second-order valence-corrected chi connectivity index (χ2v) is 5.04. The van der Waals surface area contributed by atoms with Gasteiger partial charge in [-0.2, -0.15) is 8.78 Å². The van der Waals surface area contributed by atoms with Crippen LogP contribution in [0.2, 0.25) is 5.15 Å². The van der Waals surface area contributed by atoms with Crippen LogP contribution in [0.3, 0.4) is 0 Å². The van der Waals surface area contributed by atoms with Crippen LogP contribution in [0.15, 0.2) is 35.2 Å². The van der Waals surface area contributed by atoms with Crippen molar-refractivity contribution in [2.45, 2.75) is 17.6 Å². The van der Waals surface area contributed by atoms with E-state index in [0.29, 0.717) is 39.1 Å². The van der Waals surface area contributed by atoms with Gasteiger partial charge in [0.2, 0.25) is 0 Å². The first-order valence-electron chi connectivity index (χ1n) is 5.36. The Bertz CT molecular complexity index is 560. The Kier molecular flexibility index (Phi) is 4.55. The molecule has 1 aromatic heterocycles. The van der Waals surface area contributed by atoms with Crippen LogP contribution in [0.5, 0.6) is 0 Å². The van der Waals surface area contributed by atoms with Gasteiger partial charge in [0, 0.05) is 11.0 Å². The fourth-order valence-corrected chi connectivity index (χ4v) is 2.32.